The van der Waals surface area contributed by atoms with Crippen LogP contribution < -0.4 is 0 Å². The Balaban J connectivity index is 1.89. The first-order valence-corrected chi connectivity index (χ1v) is 5.51. The summed E-state index contributed by atoms with van der Waals surface area (Å²) in [5.74, 6) is 3.06. The first kappa shape index (κ1) is 8.25. The average molecular weight is 182 g/mol. The van der Waals surface area contributed by atoms with E-state index in [1.807, 2.05) is 0 Å². The molecule has 1 heterocycles. The molecule has 74 valence electrons. The summed E-state index contributed by atoms with van der Waals surface area (Å²) in [5.41, 5.74) is 0. The Kier molecular flexibility index (Phi) is 1.58. The van der Waals surface area contributed by atoms with E-state index in [-0.39, 0.29) is 5.79 Å². The lowest BCUT2D eigenvalue weighted by atomic mass is 9.78. The number of hydrogen-bond acceptors (Lipinski definition) is 2. The Hall–Kier alpha value is -0.0800. The van der Waals surface area contributed by atoms with Gasteiger partial charge in [0.1, 0.15) is 0 Å². The van der Waals surface area contributed by atoms with Crippen LogP contribution in [0.1, 0.15) is 26.7 Å². The van der Waals surface area contributed by atoms with Crippen molar-refractivity contribution in [3.8, 4) is 0 Å². The molecular weight excluding hydrogens is 164 g/mol. The maximum atomic E-state index is 5.83. The van der Waals surface area contributed by atoms with Crippen molar-refractivity contribution in [1.82, 2.24) is 0 Å². The third-order valence-electron chi connectivity index (χ3n) is 4.65. The quantitative estimate of drug-likeness (QED) is 0.571. The average Bonchev–Trinajstić information content (AvgIpc) is 2.76. The topological polar surface area (TPSA) is 18.5 Å². The Labute approximate surface area is 79.6 Å². The van der Waals surface area contributed by atoms with Gasteiger partial charge in [-0.05, 0) is 24.2 Å². The Morgan fingerprint density at radius 1 is 1.08 bits per heavy atom. The lowest BCUT2D eigenvalue weighted by Crippen LogP contribution is -2.42. The van der Waals surface area contributed by atoms with Crippen LogP contribution >= 0.6 is 0 Å². The second-order valence-corrected chi connectivity index (χ2v) is 5.03. The smallest absolute Gasteiger partial charge is 0.171 e. The summed E-state index contributed by atoms with van der Waals surface area (Å²) in [6, 6.07) is 0. The van der Waals surface area contributed by atoms with Crippen LogP contribution in [0.5, 0.6) is 0 Å². The van der Waals surface area contributed by atoms with E-state index in [2.05, 4.69) is 13.8 Å². The van der Waals surface area contributed by atoms with Gasteiger partial charge in [-0.2, -0.15) is 0 Å². The van der Waals surface area contributed by atoms with Crippen molar-refractivity contribution < 1.29 is 9.47 Å². The molecule has 13 heavy (non-hydrogen) atoms. The van der Waals surface area contributed by atoms with Crippen LogP contribution in [0.2, 0.25) is 0 Å². The molecule has 0 aromatic rings. The second kappa shape index (κ2) is 2.48. The molecule has 2 aliphatic carbocycles. The molecule has 2 nitrogen and oxygen atoms in total. The number of rotatable bonds is 0. The fourth-order valence-electron chi connectivity index (χ4n) is 3.72. The Bertz CT molecular complexity index is 218. The molecule has 4 atom stereocenters. The highest BCUT2D eigenvalue weighted by Crippen LogP contribution is 2.59. The molecule has 3 fully saturated rings. The fraction of sp³-hybridized carbons (Fsp3) is 1.00. The minimum atomic E-state index is -0.142. The molecule has 0 aromatic carbocycles. The van der Waals surface area contributed by atoms with Crippen molar-refractivity contribution in [2.45, 2.75) is 32.5 Å². The third kappa shape index (κ3) is 0.909. The first-order valence-electron chi connectivity index (χ1n) is 5.51. The number of hydrogen-bond donors (Lipinski definition) is 0. The summed E-state index contributed by atoms with van der Waals surface area (Å²) in [6.45, 7) is 6.37. The molecular formula is C11H18O2. The molecule has 3 aliphatic rings. The monoisotopic (exact) mass is 182 g/mol. The summed E-state index contributed by atoms with van der Waals surface area (Å²) in [5, 5.41) is 0. The van der Waals surface area contributed by atoms with E-state index >= 15 is 0 Å². The minimum Gasteiger partial charge on any atom is -0.347 e. The zero-order chi connectivity index (χ0) is 9.05. The van der Waals surface area contributed by atoms with Gasteiger partial charge in [0, 0.05) is 12.3 Å². The highest BCUT2D eigenvalue weighted by Gasteiger charge is 2.60. The van der Waals surface area contributed by atoms with Gasteiger partial charge in [-0.25, -0.2) is 0 Å². The van der Waals surface area contributed by atoms with E-state index in [0.717, 1.165) is 37.4 Å². The van der Waals surface area contributed by atoms with Gasteiger partial charge < -0.3 is 9.47 Å². The van der Waals surface area contributed by atoms with Crippen LogP contribution in [0.15, 0.2) is 0 Å². The third-order valence-corrected chi connectivity index (χ3v) is 4.65. The van der Waals surface area contributed by atoms with E-state index in [4.69, 9.17) is 9.47 Å². The summed E-state index contributed by atoms with van der Waals surface area (Å²) in [4.78, 5) is 0. The Morgan fingerprint density at radius 2 is 1.77 bits per heavy atom. The number of ether oxygens (including phenoxy) is 2. The zero-order valence-electron chi connectivity index (χ0n) is 8.45. The van der Waals surface area contributed by atoms with E-state index in [9.17, 15) is 0 Å². The second-order valence-electron chi connectivity index (χ2n) is 5.03. The van der Waals surface area contributed by atoms with Gasteiger partial charge in [-0.15, -0.1) is 0 Å². The van der Waals surface area contributed by atoms with Crippen molar-refractivity contribution in [3.63, 3.8) is 0 Å². The van der Waals surface area contributed by atoms with E-state index in [1.54, 1.807) is 0 Å². The summed E-state index contributed by atoms with van der Waals surface area (Å²) in [6.07, 6.45) is 2.49. The van der Waals surface area contributed by atoms with Crippen molar-refractivity contribution in [2.75, 3.05) is 13.2 Å². The van der Waals surface area contributed by atoms with Gasteiger partial charge in [0.25, 0.3) is 0 Å². The lowest BCUT2D eigenvalue weighted by Gasteiger charge is -2.38. The maximum Gasteiger partial charge on any atom is 0.171 e. The maximum absolute atomic E-state index is 5.83. The summed E-state index contributed by atoms with van der Waals surface area (Å²) >= 11 is 0. The van der Waals surface area contributed by atoms with Crippen LogP contribution in [0, 0.1) is 23.7 Å². The largest absolute Gasteiger partial charge is 0.347 e. The fourth-order valence-corrected chi connectivity index (χ4v) is 3.72. The van der Waals surface area contributed by atoms with Crippen LogP contribution in [-0.4, -0.2) is 19.0 Å². The van der Waals surface area contributed by atoms with Crippen molar-refractivity contribution in [1.29, 1.82) is 0 Å². The van der Waals surface area contributed by atoms with Crippen LogP contribution in [0.4, 0.5) is 0 Å². The first-order chi connectivity index (χ1) is 6.23. The molecule has 4 unspecified atom stereocenters. The molecule has 0 N–H and O–H groups in total. The molecule has 1 saturated heterocycles. The molecule has 2 saturated carbocycles. The van der Waals surface area contributed by atoms with Gasteiger partial charge in [-0.1, -0.05) is 13.8 Å². The predicted molar refractivity (Wildman–Crippen MR) is 49.2 cm³/mol. The zero-order valence-corrected chi connectivity index (χ0v) is 8.45. The molecule has 1 spiro atoms. The normalized spacial score (nSPS) is 52.2. The standard InChI is InChI=1S/C11H18O2/c1-7-8(2)10-5-9(7)6-11(10)12-3-4-13-11/h7-10H,3-6H2,1-2H3. The van der Waals surface area contributed by atoms with Gasteiger partial charge in [0.15, 0.2) is 5.79 Å². The van der Waals surface area contributed by atoms with E-state index in [1.165, 1.54) is 6.42 Å². The molecule has 0 aromatic heterocycles. The molecule has 0 radical (unpaired) electrons. The predicted octanol–water partition coefficient (Wildman–Crippen LogP) is 2.04. The summed E-state index contributed by atoms with van der Waals surface area (Å²) < 4.78 is 11.7. The van der Waals surface area contributed by atoms with Crippen molar-refractivity contribution in [3.05, 3.63) is 0 Å². The lowest BCUT2D eigenvalue weighted by molar-refractivity contribution is -0.205. The molecule has 2 heteroatoms. The molecule has 1 aliphatic heterocycles. The van der Waals surface area contributed by atoms with E-state index < -0.39 is 0 Å². The molecule has 3 rings (SSSR count). The SMILES string of the molecule is CC1C2CC(C1C)C1(C2)OCCO1. The van der Waals surface area contributed by atoms with E-state index in [0.29, 0.717) is 5.92 Å². The van der Waals surface area contributed by atoms with Crippen molar-refractivity contribution >= 4 is 0 Å². The van der Waals surface area contributed by atoms with Gasteiger partial charge >= 0.3 is 0 Å². The van der Waals surface area contributed by atoms with Gasteiger partial charge in [0.05, 0.1) is 13.2 Å². The van der Waals surface area contributed by atoms with Gasteiger partial charge in [-0.3, -0.25) is 0 Å². The van der Waals surface area contributed by atoms with Crippen LogP contribution in [-0.2, 0) is 9.47 Å². The summed E-state index contributed by atoms with van der Waals surface area (Å²) in [7, 11) is 0. The van der Waals surface area contributed by atoms with Gasteiger partial charge in [0.2, 0.25) is 0 Å². The highest BCUT2D eigenvalue weighted by atomic mass is 16.7. The highest BCUT2D eigenvalue weighted by molar-refractivity contribution is 5.04. The Morgan fingerprint density at radius 3 is 2.31 bits per heavy atom. The van der Waals surface area contributed by atoms with Crippen LogP contribution in [0.25, 0.3) is 0 Å². The molecule has 2 bridgehead atoms. The number of fused-ring (bicyclic) bond motifs is 3. The molecule has 0 amide bonds. The van der Waals surface area contributed by atoms with Crippen LogP contribution in [0.3, 0.4) is 0 Å². The van der Waals surface area contributed by atoms with Crippen molar-refractivity contribution in [2.24, 2.45) is 23.7 Å². The minimum absolute atomic E-state index is 0.142.